The van der Waals surface area contributed by atoms with Crippen molar-refractivity contribution >= 4 is 22.2 Å². The van der Waals surface area contributed by atoms with Crippen LogP contribution >= 0.6 is 16.3 Å². The number of aromatic nitrogens is 1. The number of rotatable bonds is 1. The number of H-pyrrole nitrogens is 1. The number of aromatic amines is 1. The topological polar surface area (TPSA) is 59.2 Å². The number of halogens is 1. The molecule has 0 spiro atoms. The summed E-state index contributed by atoms with van der Waals surface area (Å²) in [4.78, 5) is 23.7. The maximum Gasteiger partial charge on any atom is 0.349 e. The van der Waals surface area contributed by atoms with Crippen LogP contribution in [0.25, 0.3) is 0 Å². The van der Waals surface area contributed by atoms with Crippen molar-refractivity contribution in [1.29, 1.82) is 0 Å². The molecule has 4 nitrogen and oxygen atoms in total. The molecule has 0 bridgehead atoms. The number of pyridine rings is 1. The van der Waals surface area contributed by atoms with Crippen LogP contribution in [0.1, 0.15) is 10.4 Å². The SMILES string of the molecule is O=C(OBr)c1cc[nH]c(=O)c1. The first-order chi connectivity index (χ1) is 5.24. The second kappa shape index (κ2) is 3.34. The standard InChI is InChI=1S/C6H4BrNO3/c7-11-6(10)4-1-2-8-5(9)3-4/h1-3H,(H,8,9). The summed E-state index contributed by atoms with van der Waals surface area (Å²) < 4.78 is 4.21. The zero-order chi connectivity index (χ0) is 8.27. The van der Waals surface area contributed by atoms with Gasteiger partial charge < -0.3 is 8.81 Å². The maximum absolute atomic E-state index is 10.7. The van der Waals surface area contributed by atoms with E-state index < -0.39 is 5.97 Å². The number of nitrogens with one attached hydrogen (secondary N) is 1. The minimum atomic E-state index is -0.587. The zero-order valence-corrected chi connectivity index (χ0v) is 6.92. The summed E-state index contributed by atoms with van der Waals surface area (Å²) in [5, 5.41) is 0. The van der Waals surface area contributed by atoms with Gasteiger partial charge in [0.25, 0.3) is 0 Å². The molecule has 0 aliphatic heterocycles. The molecule has 0 aromatic carbocycles. The van der Waals surface area contributed by atoms with E-state index in [4.69, 9.17) is 0 Å². The van der Waals surface area contributed by atoms with Gasteiger partial charge in [-0.05, 0) is 6.07 Å². The van der Waals surface area contributed by atoms with Crippen molar-refractivity contribution in [3.63, 3.8) is 0 Å². The molecule has 1 heterocycles. The van der Waals surface area contributed by atoms with E-state index in [0.29, 0.717) is 0 Å². The monoisotopic (exact) mass is 217 g/mol. The van der Waals surface area contributed by atoms with E-state index in [9.17, 15) is 9.59 Å². The normalized spacial score (nSPS) is 9.18. The van der Waals surface area contributed by atoms with Crippen LogP contribution in [0.5, 0.6) is 0 Å². The Morgan fingerprint density at radius 2 is 2.36 bits per heavy atom. The molecule has 0 aliphatic carbocycles. The average Bonchev–Trinajstić information content (AvgIpc) is 2.03. The first-order valence-electron chi connectivity index (χ1n) is 2.75. The van der Waals surface area contributed by atoms with Gasteiger partial charge in [-0.15, -0.1) is 0 Å². The fourth-order valence-corrected chi connectivity index (χ4v) is 0.803. The smallest absolute Gasteiger partial charge is 0.349 e. The molecule has 0 atom stereocenters. The lowest BCUT2D eigenvalue weighted by Gasteiger charge is -1.92. The third kappa shape index (κ3) is 1.91. The Balaban J connectivity index is 3.05. The fourth-order valence-electron chi connectivity index (χ4n) is 0.616. The summed E-state index contributed by atoms with van der Waals surface area (Å²) in [6, 6.07) is 2.61. The predicted molar refractivity (Wildman–Crippen MR) is 41.4 cm³/mol. The van der Waals surface area contributed by atoms with E-state index in [-0.39, 0.29) is 11.1 Å². The van der Waals surface area contributed by atoms with Gasteiger partial charge in [0.15, 0.2) is 16.3 Å². The van der Waals surface area contributed by atoms with Crippen LogP contribution in [0.2, 0.25) is 0 Å². The summed E-state index contributed by atoms with van der Waals surface area (Å²) in [7, 11) is 0. The van der Waals surface area contributed by atoms with Crippen LogP contribution in [0.15, 0.2) is 23.1 Å². The summed E-state index contributed by atoms with van der Waals surface area (Å²) in [6.45, 7) is 0. The molecule has 5 heteroatoms. The highest BCUT2D eigenvalue weighted by Gasteiger charge is 2.04. The lowest BCUT2D eigenvalue weighted by atomic mass is 10.3. The minimum Gasteiger partial charge on any atom is -0.380 e. The number of carbonyl (C=O) groups excluding carboxylic acids is 1. The van der Waals surface area contributed by atoms with Gasteiger partial charge in [-0.3, -0.25) is 4.79 Å². The molecule has 1 rings (SSSR count). The maximum atomic E-state index is 10.7. The van der Waals surface area contributed by atoms with Crippen molar-refractivity contribution in [2.24, 2.45) is 0 Å². The molecular formula is C6H4BrNO3. The number of carbonyl (C=O) groups is 1. The molecule has 1 aromatic rings. The van der Waals surface area contributed by atoms with E-state index in [1.807, 2.05) is 0 Å². The Labute approximate surface area is 70.6 Å². The van der Waals surface area contributed by atoms with Gasteiger partial charge in [-0.2, -0.15) is 0 Å². The van der Waals surface area contributed by atoms with Gasteiger partial charge in [0.05, 0.1) is 5.56 Å². The van der Waals surface area contributed by atoms with Gasteiger partial charge in [0, 0.05) is 12.3 Å². The summed E-state index contributed by atoms with van der Waals surface area (Å²) in [6.07, 6.45) is 1.38. The second-order valence-corrected chi connectivity index (χ2v) is 2.13. The van der Waals surface area contributed by atoms with Crippen molar-refractivity contribution in [2.45, 2.75) is 0 Å². The highest BCUT2D eigenvalue weighted by Crippen LogP contribution is 1.99. The highest BCUT2D eigenvalue weighted by atomic mass is 79.9. The van der Waals surface area contributed by atoms with E-state index in [0.717, 1.165) is 6.07 Å². The molecule has 0 amide bonds. The molecule has 0 fully saturated rings. The molecule has 0 saturated heterocycles. The fraction of sp³-hybridized carbons (Fsp3) is 0. The largest absolute Gasteiger partial charge is 0.380 e. The molecule has 1 aromatic heterocycles. The van der Waals surface area contributed by atoms with Crippen LogP contribution in [-0.4, -0.2) is 11.0 Å². The zero-order valence-electron chi connectivity index (χ0n) is 5.33. The molecular weight excluding hydrogens is 214 g/mol. The average molecular weight is 218 g/mol. The third-order valence-corrected chi connectivity index (χ3v) is 1.37. The number of hydrogen-bond donors (Lipinski definition) is 1. The van der Waals surface area contributed by atoms with Crippen molar-refractivity contribution in [3.8, 4) is 0 Å². The van der Waals surface area contributed by atoms with Crippen LogP contribution in [0.3, 0.4) is 0 Å². The van der Waals surface area contributed by atoms with Gasteiger partial charge in [-0.25, -0.2) is 4.79 Å². The van der Waals surface area contributed by atoms with Crippen LogP contribution < -0.4 is 5.56 Å². The van der Waals surface area contributed by atoms with E-state index >= 15 is 0 Å². The Hall–Kier alpha value is -1.10. The van der Waals surface area contributed by atoms with Gasteiger partial charge in [-0.1, -0.05) is 0 Å². The molecule has 0 aliphatic rings. The Morgan fingerprint density at radius 3 is 2.91 bits per heavy atom. The third-order valence-electron chi connectivity index (χ3n) is 1.08. The quantitative estimate of drug-likeness (QED) is 0.759. The van der Waals surface area contributed by atoms with Crippen LogP contribution in [0.4, 0.5) is 0 Å². The van der Waals surface area contributed by atoms with Crippen molar-refractivity contribution in [3.05, 3.63) is 34.2 Å². The van der Waals surface area contributed by atoms with Gasteiger partial charge >= 0.3 is 5.97 Å². The van der Waals surface area contributed by atoms with E-state index in [1.54, 1.807) is 0 Å². The van der Waals surface area contributed by atoms with E-state index in [2.05, 4.69) is 25.1 Å². The van der Waals surface area contributed by atoms with Crippen molar-refractivity contribution < 1.29 is 8.62 Å². The summed E-state index contributed by atoms with van der Waals surface area (Å²) >= 11 is 2.51. The molecule has 11 heavy (non-hydrogen) atoms. The Bertz CT molecular complexity index is 320. The first kappa shape index (κ1) is 8.00. The van der Waals surface area contributed by atoms with Crippen molar-refractivity contribution in [1.82, 2.24) is 4.98 Å². The predicted octanol–water partition coefficient (Wildman–Crippen LogP) is 0.842. The van der Waals surface area contributed by atoms with Gasteiger partial charge in [0.1, 0.15) is 0 Å². The van der Waals surface area contributed by atoms with Crippen LogP contribution in [-0.2, 0) is 3.83 Å². The molecule has 0 unspecified atom stereocenters. The second-order valence-electron chi connectivity index (χ2n) is 1.81. The van der Waals surface area contributed by atoms with Crippen LogP contribution in [0, 0.1) is 0 Å². The summed E-state index contributed by atoms with van der Waals surface area (Å²) in [5.41, 5.74) is -0.119. The molecule has 1 N–H and O–H groups in total. The molecule has 58 valence electrons. The number of hydrogen-bond acceptors (Lipinski definition) is 3. The lowest BCUT2D eigenvalue weighted by molar-refractivity contribution is 0.0781. The Morgan fingerprint density at radius 1 is 1.64 bits per heavy atom. The molecule has 0 saturated carbocycles. The van der Waals surface area contributed by atoms with Crippen molar-refractivity contribution in [2.75, 3.05) is 0 Å². The lowest BCUT2D eigenvalue weighted by Crippen LogP contribution is -2.07. The Kier molecular flexibility index (Phi) is 2.43. The first-order valence-corrected chi connectivity index (χ1v) is 3.40. The minimum absolute atomic E-state index is 0.214. The molecule has 0 radical (unpaired) electrons. The van der Waals surface area contributed by atoms with Gasteiger partial charge in [0.2, 0.25) is 5.56 Å². The summed E-state index contributed by atoms with van der Waals surface area (Å²) in [5.74, 6) is -0.587. The highest BCUT2D eigenvalue weighted by molar-refractivity contribution is 9.06. The van der Waals surface area contributed by atoms with E-state index in [1.165, 1.54) is 12.3 Å².